The van der Waals surface area contributed by atoms with Crippen molar-refractivity contribution in [3.8, 4) is 61.3 Å². The first-order chi connectivity index (χ1) is 30.8. The van der Waals surface area contributed by atoms with Gasteiger partial charge in [0.2, 0.25) is 0 Å². The van der Waals surface area contributed by atoms with Crippen LogP contribution in [0.4, 0.5) is 17.1 Å². The molecule has 0 aliphatic rings. The first-order valence-corrected chi connectivity index (χ1v) is 21.3. The lowest BCUT2D eigenvalue weighted by molar-refractivity contribution is 1.18. The number of anilines is 3. The maximum atomic E-state index is 2.44. The third-order valence-electron chi connectivity index (χ3n) is 12.0. The molecule has 0 aliphatic heterocycles. The van der Waals surface area contributed by atoms with E-state index in [4.69, 9.17) is 0 Å². The maximum Gasteiger partial charge on any atom is 0.0561 e. The van der Waals surface area contributed by atoms with Crippen LogP contribution >= 0.6 is 0 Å². The summed E-state index contributed by atoms with van der Waals surface area (Å²) in [6.45, 7) is 0. The Morgan fingerprint density at radius 3 is 1.42 bits per heavy atom. The third-order valence-corrected chi connectivity index (χ3v) is 12.0. The molecule has 1 heterocycles. The van der Waals surface area contributed by atoms with E-state index in [9.17, 15) is 0 Å². The van der Waals surface area contributed by atoms with Gasteiger partial charge in [-0.15, -0.1) is 0 Å². The van der Waals surface area contributed by atoms with E-state index in [1.807, 2.05) is 0 Å². The molecule has 0 fully saturated rings. The van der Waals surface area contributed by atoms with Crippen LogP contribution in [-0.4, -0.2) is 4.57 Å². The minimum atomic E-state index is 1.07. The summed E-state index contributed by atoms with van der Waals surface area (Å²) in [5.41, 5.74) is 18.6. The second kappa shape index (κ2) is 16.1. The number of hydrogen-bond acceptors (Lipinski definition) is 1. The number of rotatable bonds is 9. The molecule has 0 saturated carbocycles. The van der Waals surface area contributed by atoms with Crippen molar-refractivity contribution in [2.45, 2.75) is 0 Å². The number of hydrogen-bond donors (Lipinski definition) is 0. The average Bonchev–Trinajstić information content (AvgIpc) is 3.69. The Morgan fingerprint density at radius 2 is 0.726 bits per heavy atom. The highest BCUT2D eigenvalue weighted by Crippen LogP contribution is 2.46. The normalized spacial score (nSPS) is 11.2. The van der Waals surface area contributed by atoms with Gasteiger partial charge >= 0.3 is 0 Å². The fraction of sp³-hybridized carbons (Fsp3) is 0. The highest BCUT2D eigenvalue weighted by molar-refractivity contribution is 6.10. The van der Waals surface area contributed by atoms with Crippen LogP contribution < -0.4 is 4.90 Å². The highest BCUT2D eigenvalue weighted by Gasteiger charge is 2.22. The summed E-state index contributed by atoms with van der Waals surface area (Å²) in [7, 11) is 0. The monoisotopic (exact) mass is 790 g/mol. The molecule has 2 heteroatoms. The maximum absolute atomic E-state index is 2.44. The van der Waals surface area contributed by atoms with Crippen molar-refractivity contribution in [3.05, 3.63) is 255 Å². The van der Waals surface area contributed by atoms with Gasteiger partial charge in [-0.05, 0) is 105 Å². The van der Waals surface area contributed by atoms with Crippen LogP contribution in [0.25, 0.3) is 83.1 Å². The fourth-order valence-corrected chi connectivity index (χ4v) is 9.13. The summed E-state index contributed by atoms with van der Waals surface area (Å²) in [4.78, 5) is 2.44. The van der Waals surface area contributed by atoms with Crippen LogP contribution in [0.5, 0.6) is 0 Å². The SMILES string of the molecule is c1ccc(-c2cccc(-c3ccc(N(c4ccc5c6ccccc6n(-c6ccccc6)c5c4)c4ccccc4-c4ccccc4-c4ccccc4-c4ccccc4)cc3)c2)cc1. The number of fused-ring (bicyclic) bond motifs is 3. The van der Waals surface area contributed by atoms with Gasteiger partial charge in [-0.3, -0.25) is 0 Å². The van der Waals surface area contributed by atoms with Gasteiger partial charge in [0.15, 0.2) is 0 Å². The number of aromatic nitrogens is 1. The fourth-order valence-electron chi connectivity index (χ4n) is 9.13. The zero-order chi connectivity index (χ0) is 41.2. The molecule has 2 nitrogen and oxygen atoms in total. The first kappa shape index (κ1) is 36.8. The molecule has 0 bridgehead atoms. The Morgan fingerprint density at radius 1 is 0.258 bits per heavy atom. The molecule has 0 spiro atoms. The predicted octanol–water partition coefficient (Wildman–Crippen LogP) is 16.6. The lowest BCUT2D eigenvalue weighted by Crippen LogP contribution is -2.11. The average molecular weight is 791 g/mol. The second-order valence-electron chi connectivity index (χ2n) is 15.7. The van der Waals surface area contributed by atoms with Crippen molar-refractivity contribution < 1.29 is 0 Å². The Kier molecular flexibility index (Phi) is 9.57. The summed E-state index contributed by atoms with van der Waals surface area (Å²) in [6, 6.07) is 92.1. The van der Waals surface area contributed by atoms with Crippen LogP contribution in [0, 0.1) is 0 Å². The molecule has 0 atom stereocenters. The van der Waals surface area contributed by atoms with Crippen LogP contribution in [0.15, 0.2) is 255 Å². The van der Waals surface area contributed by atoms with E-state index in [0.29, 0.717) is 0 Å². The third kappa shape index (κ3) is 6.74. The molecule has 0 unspecified atom stereocenters. The van der Waals surface area contributed by atoms with E-state index in [1.54, 1.807) is 0 Å². The van der Waals surface area contributed by atoms with Crippen molar-refractivity contribution in [3.63, 3.8) is 0 Å². The molecule has 0 aliphatic carbocycles. The van der Waals surface area contributed by atoms with Crippen molar-refractivity contribution in [2.75, 3.05) is 4.90 Å². The highest BCUT2D eigenvalue weighted by atomic mass is 15.1. The quantitative estimate of drug-likeness (QED) is 0.141. The molecule has 62 heavy (non-hydrogen) atoms. The minimum absolute atomic E-state index is 1.07. The molecule has 0 radical (unpaired) electrons. The van der Waals surface area contributed by atoms with Gasteiger partial charge in [0.1, 0.15) is 0 Å². The van der Waals surface area contributed by atoms with E-state index in [2.05, 4.69) is 264 Å². The Labute approximate surface area is 362 Å². The van der Waals surface area contributed by atoms with E-state index >= 15 is 0 Å². The second-order valence-corrected chi connectivity index (χ2v) is 15.7. The molecule has 0 amide bonds. The van der Waals surface area contributed by atoms with Crippen molar-refractivity contribution in [2.24, 2.45) is 0 Å². The Bertz CT molecular complexity index is 3330. The van der Waals surface area contributed by atoms with Crippen molar-refractivity contribution in [1.82, 2.24) is 4.57 Å². The molecule has 0 N–H and O–H groups in total. The standard InChI is InChI=1S/C60H42N2/c1-4-19-43(20-5-1)46-23-18-24-47(41-46)44-35-37-49(38-36-44)61(50-39-40-57-56-32-15-17-34-59(56)62(60(57)42-50)48-25-8-3-9-26-48)58-33-16-14-31-55(58)54-30-13-12-29-53(54)52-28-11-10-27-51(52)45-21-6-2-7-22-45/h1-42H. The van der Waals surface area contributed by atoms with E-state index in [-0.39, 0.29) is 0 Å². The summed E-state index contributed by atoms with van der Waals surface area (Å²) in [5, 5.41) is 2.45. The lowest BCUT2D eigenvalue weighted by Gasteiger charge is -2.29. The van der Waals surface area contributed by atoms with Crippen LogP contribution in [0.3, 0.4) is 0 Å². The van der Waals surface area contributed by atoms with Gasteiger partial charge in [0.05, 0.1) is 16.7 Å². The number of benzene rings is 10. The van der Waals surface area contributed by atoms with Gasteiger partial charge in [0.25, 0.3) is 0 Å². The predicted molar refractivity (Wildman–Crippen MR) is 263 cm³/mol. The zero-order valence-electron chi connectivity index (χ0n) is 34.1. The van der Waals surface area contributed by atoms with Crippen LogP contribution in [0.2, 0.25) is 0 Å². The van der Waals surface area contributed by atoms with Gasteiger partial charge in [0, 0.05) is 33.4 Å². The summed E-state index contributed by atoms with van der Waals surface area (Å²) >= 11 is 0. The molecular formula is C60H42N2. The van der Waals surface area contributed by atoms with Gasteiger partial charge in [-0.25, -0.2) is 0 Å². The summed E-state index contributed by atoms with van der Waals surface area (Å²) in [5.74, 6) is 0. The molecule has 1 aromatic heterocycles. The van der Waals surface area contributed by atoms with Gasteiger partial charge < -0.3 is 9.47 Å². The van der Waals surface area contributed by atoms with Crippen LogP contribution in [-0.2, 0) is 0 Å². The largest absolute Gasteiger partial charge is 0.310 e. The molecule has 10 aromatic carbocycles. The molecule has 11 rings (SSSR count). The summed E-state index contributed by atoms with van der Waals surface area (Å²) in [6.07, 6.45) is 0. The van der Waals surface area contributed by atoms with Crippen molar-refractivity contribution >= 4 is 38.9 Å². The Balaban J connectivity index is 1.11. The smallest absolute Gasteiger partial charge is 0.0561 e. The summed E-state index contributed by atoms with van der Waals surface area (Å²) < 4.78 is 2.40. The van der Waals surface area contributed by atoms with Gasteiger partial charge in [-0.1, -0.05) is 200 Å². The molecule has 292 valence electrons. The lowest BCUT2D eigenvalue weighted by atomic mass is 9.88. The van der Waals surface area contributed by atoms with Gasteiger partial charge in [-0.2, -0.15) is 0 Å². The number of nitrogens with zero attached hydrogens (tertiary/aromatic N) is 2. The first-order valence-electron chi connectivity index (χ1n) is 21.3. The van der Waals surface area contributed by atoms with Crippen molar-refractivity contribution in [1.29, 1.82) is 0 Å². The topological polar surface area (TPSA) is 8.17 Å². The van der Waals surface area contributed by atoms with E-state index < -0.39 is 0 Å². The van der Waals surface area contributed by atoms with Crippen LogP contribution in [0.1, 0.15) is 0 Å². The molecule has 11 aromatic rings. The molecule has 0 saturated heterocycles. The minimum Gasteiger partial charge on any atom is -0.310 e. The Hall–Kier alpha value is -8.20. The van der Waals surface area contributed by atoms with E-state index in [0.717, 1.165) is 33.8 Å². The number of para-hydroxylation sites is 3. The van der Waals surface area contributed by atoms with E-state index in [1.165, 1.54) is 66.4 Å². The zero-order valence-corrected chi connectivity index (χ0v) is 34.1. The molecular weight excluding hydrogens is 749 g/mol.